The normalized spacial score (nSPS) is 25.8. The van der Waals surface area contributed by atoms with Gasteiger partial charge in [-0.1, -0.05) is 62.4 Å². The molecule has 6 atom stereocenters. The van der Waals surface area contributed by atoms with Crippen molar-refractivity contribution in [1.82, 2.24) is 35.7 Å². The van der Waals surface area contributed by atoms with Gasteiger partial charge in [-0.25, -0.2) is 9.78 Å². The molecule has 0 radical (unpaired) electrons. The number of benzene rings is 1. The molecule has 5 fully saturated rings. The molecule has 7 N–H and O–H groups in total. The number of carbonyl (C=O) groups excluding carboxylic acids is 4. The number of piperidine rings is 3. The molecular formula is C38H56N8O6. The number of fused-ring (bicyclic) bond motifs is 3. The molecule has 14 nitrogen and oxygen atoms in total. The highest BCUT2D eigenvalue weighted by atomic mass is 16.5. The average Bonchev–Trinajstić information content (AvgIpc) is 3.69. The van der Waals surface area contributed by atoms with Crippen molar-refractivity contribution < 1.29 is 29.0 Å². The average molecular weight is 721 g/mol. The Morgan fingerprint density at radius 1 is 0.942 bits per heavy atom. The number of H-pyrrole nitrogens is 1. The first-order valence-corrected chi connectivity index (χ1v) is 19.2. The van der Waals surface area contributed by atoms with E-state index in [1.54, 1.807) is 11.1 Å². The maximum Gasteiger partial charge on any atom is 0.318 e. The van der Waals surface area contributed by atoms with Gasteiger partial charge in [-0.15, -0.1) is 0 Å². The number of aliphatic hydroxyl groups is 1. The fraction of sp³-hybridized carbons (Fsp3) is 0.658. The Balaban J connectivity index is 1.17. The van der Waals surface area contributed by atoms with E-state index in [4.69, 9.17) is 10.5 Å². The molecule has 1 aliphatic carbocycles. The van der Waals surface area contributed by atoms with Crippen LogP contribution >= 0.6 is 0 Å². The van der Waals surface area contributed by atoms with Crippen LogP contribution < -0.4 is 21.7 Å². The number of morpholine rings is 1. The number of nitrogens with one attached hydrogen (secondary N) is 4. The Labute approximate surface area is 306 Å². The molecule has 1 aromatic carbocycles. The minimum atomic E-state index is -0.979. The monoisotopic (exact) mass is 720 g/mol. The molecule has 5 heterocycles. The van der Waals surface area contributed by atoms with E-state index in [2.05, 4.69) is 30.8 Å². The zero-order valence-corrected chi connectivity index (χ0v) is 30.1. The summed E-state index contributed by atoms with van der Waals surface area (Å²) in [5.74, 6) is -0.474. The van der Waals surface area contributed by atoms with Gasteiger partial charge in [0.05, 0.1) is 55.9 Å². The standard InChI is InChI=1S/C38H56N8O6/c39-29(19-25-7-3-1-4-8-25)32(47)22-33(48)44-34-27-11-13-45(14-12-27)35(34)36(49)30(21-28-23-40-24-41-28)42-37(50)31(20-26-9-5-2-6-10-26)43-38(51)46-15-17-52-18-16-46/h2,5-6,9-10,23-25,27,29-32,34-35,47H,1,3-4,7-8,11-22,39H2,(H,40,41)(H,42,50)(H,43,51)(H,44,48)/t29-,30-,31-,32?,34-,35?/m0/s1. The summed E-state index contributed by atoms with van der Waals surface area (Å²) in [5, 5.41) is 20.0. The SMILES string of the molecule is N[C@@H](CC1CCCCC1)C(O)CC(=O)N[C@H]1C2CCN(CC2)C1C(=O)[C@H](Cc1c[nH]cn1)NC(=O)[C@H](Cc1ccccc1)NC(=O)N1CCOCC1. The Hall–Kier alpha value is -3.85. The lowest BCUT2D eigenvalue weighted by atomic mass is 9.75. The van der Waals surface area contributed by atoms with E-state index in [9.17, 15) is 24.3 Å². The lowest BCUT2D eigenvalue weighted by molar-refractivity contribution is -0.138. The molecule has 1 saturated carbocycles. The second-order valence-electron chi connectivity index (χ2n) is 15.1. The van der Waals surface area contributed by atoms with Gasteiger partial charge in [-0.3, -0.25) is 19.3 Å². The fourth-order valence-corrected chi connectivity index (χ4v) is 8.53. The topological polar surface area (TPSA) is 195 Å². The van der Waals surface area contributed by atoms with Crippen LogP contribution in [0.3, 0.4) is 0 Å². The maximum atomic E-state index is 14.7. The van der Waals surface area contributed by atoms with Crippen LogP contribution in [0.5, 0.6) is 0 Å². The molecule has 2 unspecified atom stereocenters. The number of ether oxygens (including phenoxy) is 1. The third-order valence-electron chi connectivity index (χ3n) is 11.5. The quantitative estimate of drug-likeness (QED) is 0.157. The van der Waals surface area contributed by atoms with Crippen molar-refractivity contribution in [2.24, 2.45) is 17.6 Å². The van der Waals surface area contributed by atoms with Gasteiger partial charge in [0.1, 0.15) is 6.04 Å². The second kappa shape index (κ2) is 18.3. The number of ketones is 1. The van der Waals surface area contributed by atoms with Crippen molar-refractivity contribution >= 4 is 23.6 Å². The van der Waals surface area contributed by atoms with Crippen LogP contribution in [-0.2, 0) is 32.0 Å². The molecule has 0 spiro atoms. The van der Waals surface area contributed by atoms with Gasteiger partial charge >= 0.3 is 6.03 Å². The molecular weight excluding hydrogens is 664 g/mol. The maximum absolute atomic E-state index is 14.7. The first-order chi connectivity index (χ1) is 25.2. The highest BCUT2D eigenvalue weighted by molar-refractivity contribution is 5.96. The van der Waals surface area contributed by atoms with E-state index < -0.39 is 42.2 Å². The summed E-state index contributed by atoms with van der Waals surface area (Å²) in [4.78, 5) is 66.7. The van der Waals surface area contributed by atoms with Crippen molar-refractivity contribution in [1.29, 1.82) is 0 Å². The van der Waals surface area contributed by atoms with E-state index in [-0.39, 0.29) is 42.9 Å². The fourth-order valence-electron chi connectivity index (χ4n) is 8.53. The van der Waals surface area contributed by atoms with Crippen LogP contribution in [0, 0.1) is 11.8 Å². The van der Waals surface area contributed by atoms with Gasteiger partial charge < -0.3 is 41.4 Å². The Bertz CT molecular complexity index is 1460. The van der Waals surface area contributed by atoms with Crippen LogP contribution in [0.2, 0.25) is 0 Å². The molecule has 5 aliphatic rings. The lowest BCUT2D eigenvalue weighted by Gasteiger charge is -2.51. The van der Waals surface area contributed by atoms with Crippen LogP contribution in [-0.4, -0.2) is 124 Å². The molecule has 14 heteroatoms. The zero-order valence-electron chi connectivity index (χ0n) is 30.1. The summed E-state index contributed by atoms with van der Waals surface area (Å²) >= 11 is 0. The predicted molar refractivity (Wildman–Crippen MR) is 194 cm³/mol. The summed E-state index contributed by atoms with van der Waals surface area (Å²) in [6.07, 6.45) is 10.7. The molecule has 4 aliphatic heterocycles. The first-order valence-electron chi connectivity index (χ1n) is 19.2. The smallest absolute Gasteiger partial charge is 0.318 e. The molecule has 52 heavy (non-hydrogen) atoms. The Morgan fingerprint density at radius 2 is 1.67 bits per heavy atom. The number of hydrogen-bond donors (Lipinski definition) is 6. The minimum Gasteiger partial charge on any atom is -0.391 e. The van der Waals surface area contributed by atoms with E-state index in [1.807, 2.05) is 30.3 Å². The van der Waals surface area contributed by atoms with Crippen molar-refractivity contribution in [3.63, 3.8) is 0 Å². The number of Topliss-reactive ketones (excluding diaryl/α,β-unsaturated/α-hetero) is 1. The van der Waals surface area contributed by atoms with Crippen LogP contribution in [0.4, 0.5) is 4.79 Å². The number of aromatic amines is 1. The van der Waals surface area contributed by atoms with Crippen LogP contribution in [0.25, 0.3) is 0 Å². The van der Waals surface area contributed by atoms with E-state index >= 15 is 0 Å². The van der Waals surface area contributed by atoms with Gasteiger partial charge in [0.25, 0.3) is 0 Å². The number of amides is 4. The third kappa shape index (κ3) is 9.97. The first kappa shape index (κ1) is 37.9. The van der Waals surface area contributed by atoms with E-state index in [0.717, 1.165) is 31.2 Å². The largest absolute Gasteiger partial charge is 0.391 e. The summed E-state index contributed by atoms with van der Waals surface area (Å²) in [6.45, 7) is 3.09. The van der Waals surface area contributed by atoms with Crippen molar-refractivity contribution in [2.45, 2.75) is 107 Å². The van der Waals surface area contributed by atoms with Crippen molar-refractivity contribution in [3.8, 4) is 0 Å². The van der Waals surface area contributed by atoms with E-state index in [1.165, 1.54) is 25.6 Å². The molecule has 2 aromatic rings. The number of aliphatic hydroxyl groups excluding tert-OH is 1. The molecule has 284 valence electrons. The van der Waals surface area contributed by atoms with Gasteiger partial charge in [-0.05, 0) is 49.8 Å². The number of nitrogens with zero attached hydrogens (tertiary/aromatic N) is 3. The van der Waals surface area contributed by atoms with Crippen LogP contribution in [0.1, 0.15) is 69.0 Å². The Kier molecular flexibility index (Phi) is 13.3. The van der Waals surface area contributed by atoms with Gasteiger partial charge in [0, 0.05) is 38.2 Å². The van der Waals surface area contributed by atoms with Gasteiger partial charge in [0.2, 0.25) is 11.8 Å². The zero-order chi connectivity index (χ0) is 36.5. The van der Waals surface area contributed by atoms with E-state index in [0.29, 0.717) is 57.4 Å². The molecule has 4 amide bonds. The van der Waals surface area contributed by atoms with Gasteiger partial charge in [-0.2, -0.15) is 0 Å². The predicted octanol–water partition coefficient (Wildman–Crippen LogP) is 1.29. The highest BCUT2D eigenvalue weighted by Crippen LogP contribution is 2.34. The number of urea groups is 1. The molecule has 2 bridgehead atoms. The molecule has 7 rings (SSSR count). The second-order valence-corrected chi connectivity index (χ2v) is 15.1. The van der Waals surface area contributed by atoms with Crippen molar-refractivity contribution in [2.75, 3.05) is 39.4 Å². The number of rotatable bonds is 15. The Morgan fingerprint density at radius 3 is 2.37 bits per heavy atom. The minimum absolute atomic E-state index is 0.0799. The summed E-state index contributed by atoms with van der Waals surface area (Å²) < 4.78 is 5.40. The van der Waals surface area contributed by atoms with Crippen LogP contribution in [0.15, 0.2) is 42.9 Å². The molecule has 1 aromatic heterocycles. The summed E-state index contributed by atoms with van der Waals surface area (Å²) in [6, 6.07) is 5.49. The number of carbonyl (C=O) groups is 4. The highest BCUT2D eigenvalue weighted by Gasteiger charge is 2.48. The number of imidazole rings is 1. The number of nitrogens with two attached hydrogens (primary N) is 1. The third-order valence-corrected chi connectivity index (χ3v) is 11.5. The number of hydrogen-bond acceptors (Lipinski definition) is 9. The summed E-state index contributed by atoms with van der Waals surface area (Å²) in [5.41, 5.74) is 7.85. The lowest BCUT2D eigenvalue weighted by Crippen LogP contribution is -2.69. The number of aromatic nitrogens is 2. The summed E-state index contributed by atoms with van der Waals surface area (Å²) in [7, 11) is 0. The van der Waals surface area contributed by atoms with Crippen molar-refractivity contribution in [3.05, 3.63) is 54.1 Å². The molecule has 4 saturated heterocycles. The van der Waals surface area contributed by atoms with Gasteiger partial charge in [0.15, 0.2) is 5.78 Å².